The number of aromatic amines is 1. The molecule has 3 aromatic heterocycles. The molecule has 1 aromatic carbocycles. The van der Waals surface area contributed by atoms with E-state index in [0.29, 0.717) is 5.56 Å². The number of hydrogen-bond acceptors (Lipinski definition) is 3. The molecule has 4 rings (SSSR count). The van der Waals surface area contributed by atoms with E-state index in [2.05, 4.69) is 9.97 Å². The van der Waals surface area contributed by atoms with Gasteiger partial charge in [-0.3, -0.25) is 9.78 Å². The fourth-order valence-electron chi connectivity index (χ4n) is 3.18. The Hall–Kier alpha value is -3.01. The lowest BCUT2D eigenvalue weighted by molar-refractivity contribution is 0.101. The number of benzene rings is 1. The molecule has 3 heterocycles. The fourth-order valence-corrected chi connectivity index (χ4v) is 3.18. The van der Waals surface area contributed by atoms with Crippen LogP contribution in [0.3, 0.4) is 0 Å². The highest BCUT2D eigenvalue weighted by Crippen LogP contribution is 2.35. The van der Waals surface area contributed by atoms with E-state index in [0.717, 1.165) is 38.8 Å². The molecule has 0 unspecified atom stereocenters. The minimum absolute atomic E-state index is 0.0427. The van der Waals surface area contributed by atoms with E-state index in [1.165, 1.54) is 0 Å². The number of aryl methyl sites for hydroxylation is 1. The van der Waals surface area contributed by atoms with Gasteiger partial charge < -0.3 is 4.98 Å². The minimum atomic E-state index is 0.0427. The summed E-state index contributed by atoms with van der Waals surface area (Å²) in [6, 6.07) is 11.8. The predicted molar refractivity (Wildman–Crippen MR) is 91.6 cm³/mol. The molecule has 0 atom stereocenters. The molecule has 0 saturated heterocycles. The van der Waals surface area contributed by atoms with Crippen LogP contribution in [0.15, 0.2) is 48.8 Å². The van der Waals surface area contributed by atoms with Crippen LogP contribution >= 0.6 is 0 Å². The number of hydrogen-bond donors (Lipinski definition) is 1. The normalized spacial score (nSPS) is 11.2. The van der Waals surface area contributed by atoms with Gasteiger partial charge in [-0.2, -0.15) is 0 Å². The van der Waals surface area contributed by atoms with Crippen molar-refractivity contribution >= 4 is 27.6 Å². The zero-order valence-corrected chi connectivity index (χ0v) is 12.9. The van der Waals surface area contributed by atoms with Crippen molar-refractivity contribution in [3.63, 3.8) is 0 Å². The molecular formula is C19H15N3O. The maximum atomic E-state index is 12.2. The molecule has 0 aliphatic heterocycles. The lowest BCUT2D eigenvalue weighted by Crippen LogP contribution is -1.96. The topological polar surface area (TPSA) is 58.6 Å². The van der Waals surface area contributed by atoms with Crippen molar-refractivity contribution in [1.29, 1.82) is 0 Å². The first-order chi connectivity index (χ1) is 11.2. The van der Waals surface area contributed by atoms with Gasteiger partial charge in [0.2, 0.25) is 0 Å². The number of para-hydroxylation sites is 1. The van der Waals surface area contributed by atoms with Crippen molar-refractivity contribution in [1.82, 2.24) is 15.0 Å². The third-order valence-corrected chi connectivity index (χ3v) is 4.14. The molecule has 23 heavy (non-hydrogen) atoms. The lowest BCUT2D eigenvalue weighted by atomic mass is 10.0. The van der Waals surface area contributed by atoms with E-state index >= 15 is 0 Å². The number of rotatable bonds is 2. The van der Waals surface area contributed by atoms with Crippen molar-refractivity contribution in [2.24, 2.45) is 0 Å². The number of nitrogens with zero attached hydrogens (tertiary/aromatic N) is 2. The molecule has 4 nitrogen and oxygen atoms in total. The molecule has 0 radical (unpaired) electrons. The van der Waals surface area contributed by atoms with Crippen LogP contribution in [0.1, 0.15) is 23.0 Å². The number of ketones is 1. The summed E-state index contributed by atoms with van der Waals surface area (Å²) >= 11 is 0. The van der Waals surface area contributed by atoms with Gasteiger partial charge in [-0.05, 0) is 32.0 Å². The molecule has 0 saturated carbocycles. The van der Waals surface area contributed by atoms with E-state index in [1.807, 2.05) is 43.3 Å². The fraction of sp³-hybridized carbons (Fsp3) is 0.105. The van der Waals surface area contributed by atoms with Gasteiger partial charge in [-0.1, -0.05) is 18.2 Å². The number of carbonyl (C=O) groups excluding carboxylic acids is 1. The smallest absolute Gasteiger partial charge is 0.162 e. The van der Waals surface area contributed by atoms with Crippen molar-refractivity contribution in [3.8, 4) is 11.3 Å². The molecule has 4 aromatic rings. The molecule has 1 N–H and O–H groups in total. The zero-order valence-electron chi connectivity index (χ0n) is 12.9. The molecule has 0 aliphatic rings. The van der Waals surface area contributed by atoms with Crippen molar-refractivity contribution in [2.45, 2.75) is 13.8 Å². The molecule has 0 spiro atoms. The summed E-state index contributed by atoms with van der Waals surface area (Å²) < 4.78 is 0. The molecule has 112 valence electrons. The van der Waals surface area contributed by atoms with Gasteiger partial charge in [-0.15, -0.1) is 0 Å². The number of nitrogens with one attached hydrogen (secondary N) is 1. The van der Waals surface area contributed by atoms with Gasteiger partial charge in [0.25, 0.3) is 0 Å². The van der Waals surface area contributed by atoms with E-state index in [1.54, 1.807) is 19.3 Å². The summed E-state index contributed by atoms with van der Waals surface area (Å²) in [5.74, 6) is 0.0427. The number of Topliss-reactive ketones (excluding diaryl/α,β-unsaturated/α-hetero) is 1. The van der Waals surface area contributed by atoms with Crippen LogP contribution in [0.25, 0.3) is 33.1 Å². The predicted octanol–water partition coefficient (Wildman–Crippen LogP) is 4.29. The Kier molecular flexibility index (Phi) is 2.98. The number of H-pyrrole nitrogens is 1. The van der Waals surface area contributed by atoms with Crippen LogP contribution in [-0.4, -0.2) is 20.7 Å². The van der Waals surface area contributed by atoms with Gasteiger partial charge in [0, 0.05) is 40.0 Å². The minimum Gasteiger partial charge on any atom is -0.357 e. The number of pyridine rings is 2. The average molecular weight is 301 g/mol. The summed E-state index contributed by atoms with van der Waals surface area (Å²) in [4.78, 5) is 24.5. The Balaban J connectivity index is 2.25. The quantitative estimate of drug-likeness (QED) is 0.562. The van der Waals surface area contributed by atoms with Gasteiger partial charge in [0.15, 0.2) is 5.78 Å². The van der Waals surface area contributed by atoms with Crippen LogP contribution in [0.2, 0.25) is 0 Å². The van der Waals surface area contributed by atoms with Gasteiger partial charge in [0.05, 0.1) is 16.7 Å². The third kappa shape index (κ3) is 2.03. The summed E-state index contributed by atoms with van der Waals surface area (Å²) in [5, 5.41) is 1.91. The molecule has 0 bridgehead atoms. The Bertz CT molecular complexity index is 1050. The first-order valence-corrected chi connectivity index (χ1v) is 7.49. The molecular weight excluding hydrogens is 286 g/mol. The maximum absolute atomic E-state index is 12.2. The van der Waals surface area contributed by atoms with E-state index in [9.17, 15) is 4.79 Å². The zero-order chi connectivity index (χ0) is 16.0. The summed E-state index contributed by atoms with van der Waals surface area (Å²) in [6.45, 7) is 3.53. The Morgan fingerprint density at radius 2 is 1.83 bits per heavy atom. The molecule has 0 fully saturated rings. The second-order valence-corrected chi connectivity index (χ2v) is 5.64. The Labute approximate surface area is 133 Å². The van der Waals surface area contributed by atoms with Crippen LogP contribution < -0.4 is 0 Å². The standard InChI is InChI=1S/C19H15N3O/c1-11-16(12(2)23)17-18(13-7-9-20-10-8-13)22-15-6-4-3-5-14(15)19(17)21-11/h3-10,21H,1-2H3. The van der Waals surface area contributed by atoms with Crippen LogP contribution in [0.5, 0.6) is 0 Å². The second kappa shape index (κ2) is 5.02. The molecule has 4 heteroatoms. The van der Waals surface area contributed by atoms with E-state index < -0.39 is 0 Å². The Morgan fingerprint density at radius 3 is 2.57 bits per heavy atom. The number of fused-ring (bicyclic) bond motifs is 3. The van der Waals surface area contributed by atoms with Crippen molar-refractivity contribution in [3.05, 3.63) is 60.0 Å². The highest BCUT2D eigenvalue weighted by Gasteiger charge is 2.20. The first-order valence-electron chi connectivity index (χ1n) is 7.49. The number of aromatic nitrogens is 3. The molecule has 0 amide bonds. The summed E-state index contributed by atoms with van der Waals surface area (Å²) in [7, 11) is 0. The highest BCUT2D eigenvalue weighted by atomic mass is 16.1. The first kappa shape index (κ1) is 13.6. The third-order valence-electron chi connectivity index (χ3n) is 4.14. The second-order valence-electron chi connectivity index (χ2n) is 5.64. The number of carbonyl (C=O) groups is 1. The van der Waals surface area contributed by atoms with Crippen LogP contribution in [0, 0.1) is 6.92 Å². The van der Waals surface area contributed by atoms with Crippen molar-refractivity contribution < 1.29 is 4.79 Å². The highest BCUT2D eigenvalue weighted by molar-refractivity contribution is 6.18. The average Bonchev–Trinajstić information content (AvgIpc) is 2.92. The summed E-state index contributed by atoms with van der Waals surface area (Å²) in [6.07, 6.45) is 3.48. The largest absolute Gasteiger partial charge is 0.357 e. The van der Waals surface area contributed by atoms with Crippen LogP contribution in [-0.2, 0) is 0 Å². The monoisotopic (exact) mass is 301 g/mol. The van der Waals surface area contributed by atoms with E-state index in [4.69, 9.17) is 4.98 Å². The SMILES string of the molecule is CC(=O)c1c(C)[nH]c2c1c(-c1ccncc1)nc1ccccc12. The Morgan fingerprint density at radius 1 is 1.09 bits per heavy atom. The van der Waals surface area contributed by atoms with E-state index in [-0.39, 0.29) is 5.78 Å². The van der Waals surface area contributed by atoms with Crippen molar-refractivity contribution in [2.75, 3.05) is 0 Å². The molecule has 0 aliphatic carbocycles. The van der Waals surface area contributed by atoms with Crippen LogP contribution in [0.4, 0.5) is 0 Å². The maximum Gasteiger partial charge on any atom is 0.162 e. The lowest BCUT2D eigenvalue weighted by Gasteiger charge is -2.08. The summed E-state index contributed by atoms with van der Waals surface area (Å²) in [5.41, 5.74) is 5.23. The van der Waals surface area contributed by atoms with Gasteiger partial charge in [0.1, 0.15) is 0 Å². The van der Waals surface area contributed by atoms with Gasteiger partial charge >= 0.3 is 0 Å². The van der Waals surface area contributed by atoms with Gasteiger partial charge in [-0.25, -0.2) is 4.98 Å².